The Morgan fingerprint density at radius 3 is 2.70 bits per heavy atom. The molecule has 0 unspecified atom stereocenters. The molecule has 0 aliphatic carbocycles. The van der Waals surface area contributed by atoms with Crippen molar-refractivity contribution < 1.29 is 9.53 Å². The minimum absolute atomic E-state index is 0.366. The van der Waals surface area contributed by atoms with Gasteiger partial charge in [0.25, 0.3) is 0 Å². The molecule has 1 aromatic heterocycles. The number of rotatable bonds is 7. The number of carbonyl (C=O) groups is 1. The highest BCUT2D eigenvalue weighted by Gasteiger charge is 2.09. The minimum atomic E-state index is 0.366. The standard InChI is InChI=1S/C15H19N2O2S/c1-20(2)9-8-19-12-17-10-14(16-15(17)11-18)13-6-4-3-5-7-13/h3-7,10-11H,8-9,12H2,1-2H3/q+1. The fraction of sp³-hybridized carbons (Fsp3) is 0.333. The third-order valence-electron chi connectivity index (χ3n) is 2.85. The highest BCUT2D eigenvalue weighted by Crippen LogP contribution is 2.17. The van der Waals surface area contributed by atoms with E-state index >= 15 is 0 Å². The van der Waals surface area contributed by atoms with Crippen LogP contribution in [0.25, 0.3) is 11.3 Å². The molecule has 0 saturated carbocycles. The van der Waals surface area contributed by atoms with Crippen LogP contribution in [-0.2, 0) is 22.4 Å². The summed E-state index contributed by atoms with van der Waals surface area (Å²) in [5.41, 5.74) is 1.79. The number of ether oxygens (including phenoxy) is 1. The van der Waals surface area contributed by atoms with Crippen LogP contribution in [0.1, 0.15) is 10.6 Å². The molecule has 0 N–H and O–H groups in total. The minimum Gasteiger partial charge on any atom is -0.356 e. The number of nitrogens with zero attached hydrogens (tertiary/aromatic N) is 2. The fourth-order valence-corrected chi connectivity index (χ4v) is 2.22. The normalized spacial score (nSPS) is 10.9. The molecule has 5 heteroatoms. The summed E-state index contributed by atoms with van der Waals surface area (Å²) in [6.07, 6.45) is 6.99. The molecule has 4 nitrogen and oxygen atoms in total. The summed E-state index contributed by atoms with van der Waals surface area (Å²) in [4.78, 5) is 15.4. The molecule has 20 heavy (non-hydrogen) atoms. The molecule has 2 rings (SSSR count). The van der Waals surface area contributed by atoms with Crippen LogP contribution in [0.4, 0.5) is 0 Å². The Bertz CT molecular complexity index is 552. The number of aldehydes is 1. The quantitative estimate of drug-likeness (QED) is 0.446. The Hall–Kier alpha value is -1.59. The van der Waals surface area contributed by atoms with Gasteiger partial charge in [-0.3, -0.25) is 4.79 Å². The molecule has 0 fully saturated rings. The summed E-state index contributed by atoms with van der Waals surface area (Å²) < 4.78 is 7.34. The zero-order chi connectivity index (χ0) is 14.4. The molecular formula is C15H19N2O2S+. The Kier molecular flexibility index (Phi) is 5.38. The van der Waals surface area contributed by atoms with E-state index in [0.717, 1.165) is 23.3 Å². The molecule has 106 valence electrons. The highest BCUT2D eigenvalue weighted by atomic mass is 32.2. The van der Waals surface area contributed by atoms with Crippen molar-refractivity contribution in [3.8, 4) is 11.3 Å². The highest BCUT2D eigenvalue weighted by molar-refractivity contribution is 7.95. The first-order valence-corrected chi connectivity index (χ1v) is 8.61. The second-order valence-corrected chi connectivity index (χ2v) is 7.04. The van der Waals surface area contributed by atoms with Gasteiger partial charge in [0.2, 0.25) is 0 Å². The molecule has 0 spiro atoms. The van der Waals surface area contributed by atoms with Gasteiger partial charge < -0.3 is 9.30 Å². The summed E-state index contributed by atoms with van der Waals surface area (Å²) >= 11 is 0. The van der Waals surface area contributed by atoms with Crippen LogP contribution in [0.2, 0.25) is 0 Å². The molecule has 0 aliphatic rings. The number of imidazole rings is 1. The van der Waals surface area contributed by atoms with Crippen molar-refractivity contribution in [2.24, 2.45) is 0 Å². The largest absolute Gasteiger partial charge is 0.356 e. The molecule has 2 aromatic rings. The zero-order valence-electron chi connectivity index (χ0n) is 11.8. The van der Waals surface area contributed by atoms with E-state index < -0.39 is 0 Å². The lowest BCUT2D eigenvalue weighted by molar-refractivity contribution is 0.0853. The molecule has 0 amide bonds. The third-order valence-corrected chi connectivity index (χ3v) is 3.83. The van der Waals surface area contributed by atoms with Gasteiger partial charge in [0.1, 0.15) is 12.5 Å². The Morgan fingerprint density at radius 1 is 1.30 bits per heavy atom. The van der Waals surface area contributed by atoms with Crippen molar-refractivity contribution in [1.82, 2.24) is 9.55 Å². The van der Waals surface area contributed by atoms with E-state index in [2.05, 4.69) is 17.5 Å². The smallest absolute Gasteiger partial charge is 0.185 e. The van der Waals surface area contributed by atoms with E-state index in [9.17, 15) is 4.79 Å². The van der Waals surface area contributed by atoms with Gasteiger partial charge in [-0.2, -0.15) is 0 Å². The number of hydrogen-bond acceptors (Lipinski definition) is 3. The van der Waals surface area contributed by atoms with Gasteiger partial charge in [-0.15, -0.1) is 0 Å². The lowest BCUT2D eigenvalue weighted by atomic mass is 10.2. The average molecular weight is 291 g/mol. The lowest BCUT2D eigenvalue weighted by Crippen LogP contribution is -2.12. The van der Waals surface area contributed by atoms with Crippen LogP contribution >= 0.6 is 0 Å². The number of carbonyl (C=O) groups excluding carboxylic acids is 1. The summed E-state index contributed by atoms with van der Waals surface area (Å²) in [5.74, 6) is 1.44. The lowest BCUT2D eigenvalue weighted by Gasteiger charge is -2.04. The van der Waals surface area contributed by atoms with Crippen LogP contribution in [0.15, 0.2) is 36.5 Å². The molecule has 1 heterocycles. The maximum atomic E-state index is 11.1. The second kappa shape index (κ2) is 7.26. The monoisotopic (exact) mass is 291 g/mol. The number of aromatic nitrogens is 2. The van der Waals surface area contributed by atoms with Gasteiger partial charge in [0.05, 0.1) is 24.8 Å². The van der Waals surface area contributed by atoms with Gasteiger partial charge in [-0.05, 0) is 10.9 Å². The fourth-order valence-electron chi connectivity index (χ4n) is 1.76. The van der Waals surface area contributed by atoms with Gasteiger partial charge in [0.15, 0.2) is 12.1 Å². The Labute approximate surface area is 122 Å². The van der Waals surface area contributed by atoms with E-state index in [1.54, 1.807) is 4.57 Å². The Balaban J connectivity index is 2.06. The number of hydrogen-bond donors (Lipinski definition) is 0. The van der Waals surface area contributed by atoms with E-state index in [1.807, 2.05) is 36.5 Å². The van der Waals surface area contributed by atoms with Gasteiger partial charge in [-0.1, -0.05) is 30.3 Å². The first kappa shape index (κ1) is 14.8. The molecular weight excluding hydrogens is 272 g/mol. The zero-order valence-corrected chi connectivity index (χ0v) is 12.6. The van der Waals surface area contributed by atoms with Crippen LogP contribution in [0.5, 0.6) is 0 Å². The topological polar surface area (TPSA) is 44.1 Å². The average Bonchev–Trinajstić information content (AvgIpc) is 2.87. The third kappa shape index (κ3) is 3.95. The van der Waals surface area contributed by atoms with E-state index in [0.29, 0.717) is 30.1 Å². The molecule has 0 aliphatic heterocycles. The Morgan fingerprint density at radius 2 is 2.05 bits per heavy atom. The van der Waals surface area contributed by atoms with Crippen molar-refractivity contribution in [3.05, 3.63) is 42.4 Å². The van der Waals surface area contributed by atoms with Crippen molar-refractivity contribution >= 4 is 17.2 Å². The van der Waals surface area contributed by atoms with Crippen molar-refractivity contribution in [2.75, 3.05) is 24.9 Å². The first-order chi connectivity index (χ1) is 9.70. The predicted octanol–water partition coefficient (Wildman–Crippen LogP) is 2.21. The first-order valence-electron chi connectivity index (χ1n) is 6.40. The predicted molar refractivity (Wildman–Crippen MR) is 83.1 cm³/mol. The van der Waals surface area contributed by atoms with Crippen LogP contribution in [0, 0.1) is 0 Å². The SMILES string of the molecule is C[S+](C)CCOCn1cc(-c2ccccc2)nc1C=O. The van der Waals surface area contributed by atoms with Crippen LogP contribution in [0.3, 0.4) is 0 Å². The van der Waals surface area contributed by atoms with Crippen molar-refractivity contribution in [2.45, 2.75) is 6.73 Å². The molecule has 1 aromatic carbocycles. The van der Waals surface area contributed by atoms with Crippen LogP contribution in [-0.4, -0.2) is 40.7 Å². The second-order valence-electron chi connectivity index (χ2n) is 4.67. The summed E-state index contributed by atoms with van der Waals surface area (Å²) in [7, 11) is 0.375. The molecule has 0 radical (unpaired) electrons. The van der Waals surface area contributed by atoms with E-state index in [4.69, 9.17) is 4.74 Å². The van der Waals surface area contributed by atoms with Crippen molar-refractivity contribution in [1.29, 1.82) is 0 Å². The van der Waals surface area contributed by atoms with E-state index in [-0.39, 0.29) is 0 Å². The maximum absolute atomic E-state index is 11.1. The van der Waals surface area contributed by atoms with Crippen LogP contribution < -0.4 is 0 Å². The van der Waals surface area contributed by atoms with Crippen molar-refractivity contribution in [3.63, 3.8) is 0 Å². The molecule has 0 atom stereocenters. The number of benzene rings is 1. The van der Waals surface area contributed by atoms with Gasteiger partial charge in [0, 0.05) is 11.8 Å². The van der Waals surface area contributed by atoms with Gasteiger partial charge in [-0.25, -0.2) is 4.98 Å². The molecule has 0 saturated heterocycles. The van der Waals surface area contributed by atoms with Gasteiger partial charge >= 0.3 is 0 Å². The summed E-state index contributed by atoms with van der Waals surface area (Å²) in [6, 6.07) is 9.81. The maximum Gasteiger partial charge on any atom is 0.185 e. The summed E-state index contributed by atoms with van der Waals surface area (Å²) in [5, 5.41) is 0. The van der Waals surface area contributed by atoms with E-state index in [1.165, 1.54) is 0 Å². The summed E-state index contributed by atoms with van der Waals surface area (Å²) in [6.45, 7) is 1.07. The molecule has 0 bridgehead atoms.